The molecule has 148 valence electrons. The number of fused-ring (bicyclic) bond motifs is 1. The van der Waals surface area contributed by atoms with Gasteiger partial charge in [-0.1, -0.05) is 19.6 Å². The average Bonchev–Trinajstić information content (AvgIpc) is 3.00. The van der Waals surface area contributed by atoms with E-state index in [1.54, 1.807) is 0 Å². The summed E-state index contributed by atoms with van der Waals surface area (Å²) in [5, 5.41) is 9.96. The molecule has 1 N–H and O–H groups in total. The molecule has 1 aliphatic rings. The zero-order valence-corrected chi connectivity index (χ0v) is 17.5. The quantitative estimate of drug-likeness (QED) is 0.549. The van der Waals surface area contributed by atoms with E-state index >= 15 is 0 Å². The molecule has 0 unspecified atom stereocenters. The summed E-state index contributed by atoms with van der Waals surface area (Å²) >= 11 is 0. The molecule has 1 fully saturated rings. The van der Waals surface area contributed by atoms with Gasteiger partial charge in [0.2, 0.25) is 5.95 Å². The van der Waals surface area contributed by atoms with E-state index in [0.717, 1.165) is 55.6 Å². The highest BCUT2D eigenvalue weighted by molar-refractivity contribution is 6.76. The summed E-state index contributed by atoms with van der Waals surface area (Å²) < 4.78 is 7.90. The fourth-order valence-electron chi connectivity index (χ4n) is 3.34. The molecular formula is C19H30N4O3Si. The van der Waals surface area contributed by atoms with E-state index in [4.69, 9.17) is 14.8 Å². The Morgan fingerprint density at radius 1 is 1.33 bits per heavy atom. The second kappa shape index (κ2) is 8.39. The number of hydrogen-bond donors (Lipinski definition) is 1. The third-order valence-electron chi connectivity index (χ3n) is 5.08. The minimum Gasteiger partial charge on any atom is -0.481 e. The maximum atomic E-state index is 10.9. The Hall–Kier alpha value is -1.93. The molecule has 27 heavy (non-hydrogen) atoms. The molecule has 3 heterocycles. The fourth-order valence-corrected chi connectivity index (χ4v) is 4.10. The van der Waals surface area contributed by atoms with Gasteiger partial charge in [0.1, 0.15) is 12.4 Å². The summed E-state index contributed by atoms with van der Waals surface area (Å²) in [7, 11) is -1.08. The van der Waals surface area contributed by atoms with Crippen molar-refractivity contribution in [2.45, 2.75) is 51.7 Å². The average molecular weight is 391 g/mol. The summed E-state index contributed by atoms with van der Waals surface area (Å²) in [6.07, 6.45) is 5.85. The second-order valence-electron chi connectivity index (χ2n) is 8.61. The molecule has 0 aliphatic carbocycles. The molecule has 0 radical (unpaired) electrons. The third kappa shape index (κ3) is 5.52. The van der Waals surface area contributed by atoms with Crippen LogP contribution in [0.5, 0.6) is 0 Å². The monoisotopic (exact) mass is 390 g/mol. The Balaban J connectivity index is 1.62. The zero-order chi connectivity index (χ0) is 19.4. The van der Waals surface area contributed by atoms with E-state index in [0.29, 0.717) is 6.73 Å². The number of anilines is 1. The van der Waals surface area contributed by atoms with Crippen LogP contribution in [0, 0.1) is 5.92 Å². The molecule has 2 aromatic heterocycles. The van der Waals surface area contributed by atoms with Gasteiger partial charge in [-0.05, 0) is 30.9 Å². The van der Waals surface area contributed by atoms with Gasteiger partial charge in [0.25, 0.3) is 0 Å². The standard InChI is InChI=1S/C19H30N4O3Si/c1-27(2,3)11-10-26-14-23-9-6-16-13-20-19(21-18(16)23)22-7-4-15(5-8-22)12-17(24)25/h6,9,13,15H,4-5,7-8,10-12,14H2,1-3H3,(H,24,25). The van der Waals surface area contributed by atoms with Gasteiger partial charge in [-0.15, -0.1) is 0 Å². The normalized spacial score (nSPS) is 16.2. The van der Waals surface area contributed by atoms with Crippen molar-refractivity contribution < 1.29 is 14.6 Å². The van der Waals surface area contributed by atoms with Gasteiger partial charge in [-0.25, -0.2) is 4.98 Å². The van der Waals surface area contributed by atoms with E-state index in [2.05, 4.69) is 29.5 Å². The van der Waals surface area contributed by atoms with Crippen molar-refractivity contribution in [1.82, 2.24) is 14.5 Å². The lowest BCUT2D eigenvalue weighted by molar-refractivity contribution is -0.138. The van der Waals surface area contributed by atoms with Gasteiger partial charge in [0.15, 0.2) is 0 Å². The number of piperidine rings is 1. The van der Waals surface area contributed by atoms with Gasteiger partial charge < -0.3 is 19.3 Å². The number of aliphatic carboxylic acids is 1. The third-order valence-corrected chi connectivity index (χ3v) is 6.78. The number of hydrogen-bond acceptors (Lipinski definition) is 5. The molecule has 2 aromatic rings. The molecule has 0 amide bonds. The molecule has 1 saturated heterocycles. The molecular weight excluding hydrogens is 360 g/mol. The van der Waals surface area contributed by atoms with E-state index in [-0.39, 0.29) is 12.3 Å². The van der Waals surface area contributed by atoms with Crippen molar-refractivity contribution in [3.63, 3.8) is 0 Å². The molecule has 3 rings (SSSR count). The second-order valence-corrected chi connectivity index (χ2v) is 14.2. The molecule has 0 aromatic carbocycles. The summed E-state index contributed by atoms with van der Waals surface area (Å²) in [6.45, 7) is 9.94. The van der Waals surface area contributed by atoms with Crippen LogP contribution in [0.1, 0.15) is 19.3 Å². The van der Waals surface area contributed by atoms with Crippen LogP contribution in [0.3, 0.4) is 0 Å². The predicted octanol–water partition coefficient (Wildman–Crippen LogP) is 3.43. The molecule has 0 atom stereocenters. The first kappa shape index (κ1) is 19.8. The van der Waals surface area contributed by atoms with Gasteiger partial charge in [0.05, 0.1) is 0 Å². The SMILES string of the molecule is C[Si](C)(C)CCOCn1ccc2cnc(N3CCC(CC(=O)O)CC3)nc21. The van der Waals surface area contributed by atoms with Gasteiger partial charge >= 0.3 is 5.97 Å². The summed E-state index contributed by atoms with van der Waals surface area (Å²) in [6, 6.07) is 3.16. The molecule has 0 bridgehead atoms. The Labute approximate surface area is 161 Å². The lowest BCUT2D eigenvalue weighted by atomic mass is 9.94. The van der Waals surface area contributed by atoms with Crippen LogP contribution in [-0.2, 0) is 16.3 Å². The van der Waals surface area contributed by atoms with Gasteiger partial charge in [-0.2, -0.15) is 4.98 Å². The highest BCUT2D eigenvalue weighted by atomic mass is 28.3. The largest absolute Gasteiger partial charge is 0.481 e. The first-order valence-corrected chi connectivity index (χ1v) is 13.4. The zero-order valence-electron chi connectivity index (χ0n) is 16.5. The lowest BCUT2D eigenvalue weighted by Crippen LogP contribution is -2.35. The summed E-state index contributed by atoms with van der Waals surface area (Å²) in [5.41, 5.74) is 0.890. The van der Waals surface area contributed by atoms with Crippen LogP contribution in [-0.4, -0.2) is 53.4 Å². The summed E-state index contributed by atoms with van der Waals surface area (Å²) in [4.78, 5) is 22.3. The maximum Gasteiger partial charge on any atom is 0.303 e. The first-order chi connectivity index (χ1) is 12.8. The lowest BCUT2D eigenvalue weighted by Gasteiger charge is -2.31. The van der Waals surface area contributed by atoms with Gasteiger partial charge in [0, 0.05) is 52.0 Å². The van der Waals surface area contributed by atoms with Crippen LogP contribution < -0.4 is 4.90 Å². The molecule has 7 nitrogen and oxygen atoms in total. The van der Waals surface area contributed by atoms with Crippen LogP contribution in [0.25, 0.3) is 11.0 Å². The minimum absolute atomic E-state index is 0.255. The Morgan fingerprint density at radius 3 is 2.74 bits per heavy atom. The van der Waals surface area contributed by atoms with E-state index in [1.807, 2.05) is 23.0 Å². The number of rotatable bonds is 8. The minimum atomic E-state index is -1.08. The van der Waals surface area contributed by atoms with Crippen molar-refractivity contribution in [1.29, 1.82) is 0 Å². The van der Waals surface area contributed by atoms with Gasteiger partial charge in [-0.3, -0.25) is 4.79 Å². The highest BCUT2D eigenvalue weighted by Crippen LogP contribution is 2.24. The Morgan fingerprint density at radius 2 is 2.07 bits per heavy atom. The Bertz CT molecular complexity index is 779. The van der Waals surface area contributed by atoms with Crippen molar-refractivity contribution in [3.8, 4) is 0 Å². The van der Waals surface area contributed by atoms with E-state index in [1.165, 1.54) is 0 Å². The number of aromatic nitrogens is 3. The van der Waals surface area contributed by atoms with Crippen molar-refractivity contribution in [2.24, 2.45) is 5.92 Å². The van der Waals surface area contributed by atoms with Crippen LogP contribution in [0.2, 0.25) is 25.7 Å². The fraction of sp³-hybridized carbons (Fsp3) is 0.632. The van der Waals surface area contributed by atoms with Crippen LogP contribution in [0.4, 0.5) is 5.95 Å². The van der Waals surface area contributed by atoms with Crippen LogP contribution in [0.15, 0.2) is 18.5 Å². The van der Waals surface area contributed by atoms with Crippen molar-refractivity contribution in [3.05, 3.63) is 18.5 Å². The van der Waals surface area contributed by atoms with Crippen molar-refractivity contribution in [2.75, 3.05) is 24.6 Å². The smallest absolute Gasteiger partial charge is 0.303 e. The number of carboxylic acid groups (broad SMARTS) is 1. The molecule has 1 aliphatic heterocycles. The van der Waals surface area contributed by atoms with E-state index < -0.39 is 14.0 Å². The predicted molar refractivity (Wildman–Crippen MR) is 109 cm³/mol. The number of carbonyl (C=O) groups is 1. The topological polar surface area (TPSA) is 80.5 Å². The van der Waals surface area contributed by atoms with Crippen LogP contribution >= 0.6 is 0 Å². The van der Waals surface area contributed by atoms with Crippen molar-refractivity contribution >= 4 is 31.0 Å². The highest BCUT2D eigenvalue weighted by Gasteiger charge is 2.23. The maximum absolute atomic E-state index is 10.9. The number of nitrogens with zero attached hydrogens (tertiary/aromatic N) is 4. The Kier molecular flexibility index (Phi) is 6.16. The molecule has 0 spiro atoms. The molecule has 8 heteroatoms. The van der Waals surface area contributed by atoms with E-state index in [9.17, 15) is 4.79 Å². The first-order valence-electron chi connectivity index (χ1n) is 9.68. The number of carboxylic acids is 1. The summed E-state index contributed by atoms with van der Waals surface area (Å²) in [5.74, 6) is 0.266. The molecule has 0 saturated carbocycles. The number of ether oxygens (including phenoxy) is 1.